The van der Waals surface area contributed by atoms with E-state index in [1.165, 1.54) is 77.0 Å². The van der Waals surface area contributed by atoms with E-state index >= 15 is 0 Å². The lowest BCUT2D eigenvalue weighted by atomic mass is 10.1. The molecule has 0 radical (unpaired) electrons. The third-order valence-electron chi connectivity index (χ3n) is 11.4. The van der Waals surface area contributed by atoms with Crippen molar-refractivity contribution in [1.29, 1.82) is 0 Å². The first-order valence-electron chi connectivity index (χ1n) is 28.4. The third-order valence-corrected chi connectivity index (χ3v) is 11.4. The molecule has 1 atom stereocenters. The molecular weight excluding hydrogens is 861 g/mol. The van der Waals surface area contributed by atoms with Gasteiger partial charge in [0.15, 0.2) is 6.10 Å². The van der Waals surface area contributed by atoms with Gasteiger partial charge in [-0.25, -0.2) is 0 Å². The maximum absolute atomic E-state index is 12.9. The third kappa shape index (κ3) is 56.4. The Balaban J connectivity index is 4.50. The van der Waals surface area contributed by atoms with Gasteiger partial charge in [0, 0.05) is 19.4 Å². The van der Waals surface area contributed by atoms with Crippen molar-refractivity contribution in [1.82, 2.24) is 0 Å². The van der Waals surface area contributed by atoms with Crippen LogP contribution in [-0.2, 0) is 23.8 Å². The maximum Gasteiger partial charge on any atom is 0.306 e. The Hall–Kier alpha value is -4.22. The van der Waals surface area contributed by atoms with E-state index < -0.39 is 6.10 Å². The lowest BCUT2D eigenvalue weighted by molar-refractivity contribution is -0.162. The summed E-state index contributed by atoms with van der Waals surface area (Å²) in [4.78, 5) is 25.5. The van der Waals surface area contributed by atoms with Crippen LogP contribution >= 0.6 is 0 Å². The Morgan fingerprint density at radius 2 is 0.671 bits per heavy atom. The van der Waals surface area contributed by atoms with E-state index in [4.69, 9.17) is 14.2 Å². The molecule has 0 N–H and O–H groups in total. The summed E-state index contributed by atoms with van der Waals surface area (Å²) in [6, 6.07) is 0. The Labute approximate surface area is 431 Å². The standard InChI is InChI=1S/C65H104O5/c1-4-7-10-13-16-19-22-25-28-31-33-35-37-40-43-46-49-52-55-58-64(66)69-62-63(61-68-60-57-54-51-48-45-42-39-30-27-24-21-18-15-12-9-6-3)70-65(67)59-56-53-50-47-44-41-38-36-34-32-29-26-23-20-17-14-11-8-5-2/h7-8,10-11,16-17,19-20,25-30,33-36,40-41,43-44,49,52,63H,4-6,9,12-15,18,21-24,31-32,37-39,42,45-48,50-51,53-62H2,1-3H3/b10-7-,11-8-,19-16-,20-17-,28-25-,29-26-,30-27-,35-33-,36-34-,43-40-,44-41-,52-49-. The van der Waals surface area contributed by atoms with Gasteiger partial charge >= 0.3 is 11.9 Å². The number of unbranched alkanes of at least 4 members (excludes halogenated alkanes) is 15. The van der Waals surface area contributed by atoms with Crippen LogP contribution in [0.1, 0.15) is 226 Å². The van der Waals surface area contributed by atoms with Crippen LogP contribution in [0, 0.1) is 0 Å². The molecule has 0 aliphatic rings. The summed E-state index contributed by atoms with van der Waals surface area (Å²) in [7, 11) is 0. The van der Waals surface area contributed by atoms with Gasteiger partial charge in [0.2, 0.25) is 0 Å². The van der Waals surface area contributed by atoms with Crippen molar-refractivity contribution < 1.29 is 23.8 Å². The number of rotatable bonds is 50. The number of allylic oxidation sites excluding steroid dienone is 24. The molecule has 0 saturated heterocycles. The molecule has 394 valence electrons. The average Bonchev–Trinajstić information content (AvgIpc) is 3.36. The van der Waals surface area contributed by atoms with Crippen LogP contribution in [-0.4, -0.2) is 37.9 Å². The van der Waals surface area contributed by atoms with Crippen molar-refractivity contribution in [3.05, 3.63) is 146 Å². The second-order valence-corrected chi connectivity index (χ2v) is 18.1. The molecule has 0 amide bonds. The SMILES string of the molecule is CC/C=C\C/C=C\C/C=C\C/C=C\C/C=C\C/C=C\CCC(=O)OCC(COCCCCCCCC/C=C\CCCCCCCC)OC(=O)CCCCC/C=C\C/C=C\C/C=C\C/C=C\C/C=C\CC. The van der Waals surface area contributed by atoms with Crippen molar-refractivity contribution in [2.75, 3.05) is 19.8 Å². The summed E-state index contributed by atoms with van der Waals surface area (Å²) in [6.07, 6.45) is 85.9. The van der Waals surface area contributed by atoms with Gasteiger partial charge in [0.1, 0.15) is 6.61 Å². The van der Waals surface area contributed by atoms with E-state index in [0.29, 0.717) is 19.4 Å². The number of esters is 2. The quantitative estimate of drug-likeness (QED) is 0.0345. The summed E-state index contributed by atoms with van der Waals surface area (Å²) >= 11 is 0. The summed E-state index contributed by atoms with van der Waals surface area (Å²) in [6.45, 7) is 7.45. The first-order valence-corrected chi connectivity index (χ1v) is 28.4. The van der Waals surface area contributed by atoms with Crippen molar-refractivity contribution >= 4 is 11.9 Å². The molecule has 1 unspecified atom stereocenters. The van der Waals surface area contributed by atoms with Crippen molar-refractivity contribution in [3.63, 3.8) is 0 Å². The zero-order chi connectivity index (χ0) is 50.6. The highest BCUT2D eigenvalue weighted by molar-refractivity contribution is 5.70. The molecule has 0 aromatic carbocycles. The molecule has 0 aliphatic heterocycles. The lowest BCUT2D eigenvalue weighted by Crippen LogP contribution is -2.30. The highest BCUT2D eigenvalue weighted by Crippen LogP contribution is 2.12. The van der Waals surface area contributed by atoms with E-state index in [-0.39, 0.29) is 31.6 Å². The minimum absolute atomic E-state index is 0.0196. The van der Waals surface area contributed by atoms with Crippen LogP contribution in [0.5, 0.6) is 0 Å². The Morgan fingerprint density at radius 3 is 1.10 bits per heavy atom. The molecule has 0 spiro atoms. The lowest BCUT2D eigenvalue weighted by Gasteiger charge is -2.18. The van der Waals surface area contributed by atoms with Gasteiger partial charge in [-0.15, -0.1) is 0 Å². The molecule has 5 nitrogen and oxygen atoms in total. The summed E-state index contributed by atoms with van der Waals surface area (Å²) in [5.41, 5.74) is 0. The Kier molecular flexibility index (Phi) is 55.5. The van der Waals surface area contributed by atoms with E-state index in [2.05, 4.69) is 161 Å². The molecule has 0 bridgehead atoms. The van der Waals surface area contributed by atoms with Crippen LogP contribution in [0.15, 0.2) is 146 Å². The highest BCUT2D eigenvalue weighted by Gasteiger charge is 2.17. The molecular formula is C65H104O5. The van der Waals surface area contributed by atoms with Gasteiger partial charge in [0.25, 0.3) is 0 Å². The monoisotopic (exact) mass is 965 g/mol. The van der Waals surface area contributed by atoms with E-state index in [0.717, 1.165) is 109 Å². The smallest absolute Gasteiger partial charge is 0.306 e. The van der Waals surface area contributed by atoms with Crippen LogP contribution in [0.4, 0.5) is 0 Å². The molecule has 5 heteroatoms. The van der Waals surface area contributed by atoms with Crippen LogP contribution in [0.2, 0.25) is 0 Å². The number of carbonyl (C=O) groups excluding carboxylic acids is 2. The van der Waals surface area contributed by atoms with E-state index in [9.17, 15) is 9.59 Å². The maximum atomic E-state index is 12.9. The molecule has 0 rings (SSSR count). The van der Waals surface area contributed by atoms with Crippen LogP contribution < -0.4 is 0 Å². The number of hydrogen-bond acceptors (Lipinski definition) is 5. The van der Waals surface area contributed by atoms with Crippen LogP contribution in [0.3, 0.4) is 0 Å². The van der Waals surface area contributed by atoms with Gasteiger partial charge in [-0.05, 0) is 128 Å². The number of hydrogen-bond donors (Lipinski definition) is 0. The Morgan fingerprint density at radius 1 is 0.329 bits per heavy atom. The molecule has 0 fully saturated rings. The fourth-order valence-corrected chi connectivity index (χ4v) is 7.20. The zero-order valence-corrected chi connectivity index (χ0v) is 45.2. The molecule has 0 saturated carbocycles. The van der Waals surface area contributed by atoms with E-state index in [1.54, 1.807) is 0 Å². The zero-order valence-electron chi connectivity index (χ0n) is 45.2. The van der Waals surface area contributed by atoms with Gasteiger partial charge in [-0.2, -0.15) is 0 Å². The van der Waals surface area contributed by atoms with Gasteiger partial charge in [0.05, 0.1) is 6.61 Å². The molecule has 0 aromatic heterocycles. The summed E-state index contributed by atoms with van der Waals surface area (Å²) < 4.78 is 17.4. The predicted octanol–water partition coefficient (Wildman–Crippen LogP) is 19.7. The Bertz CT molecular complexity index is 1510. The van der Waals surface area contributed by atoms with Crippen molar-refractivity contribution in [2.24, 2.45) is 0 Å². The second kappa shape index (κ2) is 59.1. The van der Waals surface area contributed by atoms with Gasteiger partial charge in [-0.1, -0.05) is 231 Å². The topological polar surface area (TPSA) is 61.8 Å². The number of ether oxygens (including phenoxy) is 3. The summed E-state index contributed by atoms with van der Waals surface area (Å²) in [5.74, 6) is -0.543. The molecule has 0 heterocycles. The summed E-state index contributed by atoms with van der Waals surface area (Å²) in [5, 5.41) is 0. The second-order valence-electron chi connectivity index (χ2n) is 18.1. The van der Waals surface area contributed by atoms with Crippen molar-refractivity contribution in [2.45, 2.75) is 232 Å². The molecule has 0 aromatic rings. The fraction of sp³-hybridized carbons (Fsp3) is 0.600. The van der Waals surface area contributed by atoms with Gasteiger partial charge < -0.3 is 14.2 Å². The van der Waals surface area contributed by atoms with Crippen molar-refractivity contribution in [3.8, 4) is 0 Å². The van der Waals surface area contributed by atoms with E-state index in [1.807, 2.05) is 6.08 Å². The fourth-order valence-electron chi connectivity index (χ4n) is 7.20. The highest BCUT2D eigenvalue weighted by atomic mass is 16.6. The first-order chi connectivity index (χ1) is 34.6. The molecule has 0 aliphatic carbocycles. The first kappa shape index (κ1) is 65.8. The average molecular weight is 966 g/mol. The number of carbonyl (C=O) groups is 2. The minimum Gasteiger partial charge on any atom is -0.462 e. The normalized spacial score (nSPS) is 13.4. The predicted molar refractivity (Wildman–Crippen MR) is 306 cm³/mol. The van der Waals surface area contributed by atoms with Gasteiger partial charge in [-0.3, -0.25) is 9.59 Å². The van der Waals surface area contributed by atoms with Crippen LogP contribution in [0.25, 0.3) is 0 Å². The largest absolute Gasteiger partial charge is 0.462 e. The minimum atomic E-state index is -0.599. The molecule has 70 heavy (non-hydrogen) atoms.